The van der Waals surface area contributed by atoms with Gasteiger partial charge in [0.25, 0.3) is 11.8 Å². The van der Waals surface area contributed by atoms with Gasteiger partial charge in [0.05, 0.1) is 18.7 Å². The minimum atomic E-state index is -0.813. The van der Waals surface area contributed by atoms with Crippen LogP contribution in [0, 0.1) is 0 Å². The van der Waals surface area contributed by atoms with E-state index < -0.39 is 24.0 Å². The van der Waals surface area contributed by atoms with Gasteiger partial charge in [0, 0.05) is 32.5 Å². The molecule has 1 unspecified atom stereocenters. The molecule has 0 radical (unpaired) electrons. The second-order valence-corrected chi connectivity index (χ2v) is 8.46. The van der Waals surface area contributed by atoms with E-state index in [1.807, 2.05) is 0 Å². The number of aldehydes is 1. The Morgan fingerprint density at radius 2 is 1.84 bits per heavy atom. The molecule has 2 saturated heterocycles. The van der Waals surface area contributed by atoms with E-state index in [0.717, 1.165) is 0 Å². The summed E-state index contributed by atoms with van der Waals surface area (Å²) in [5.41, 5.74) is 0.946. The van der Waals surface area contributed by atoms with Gasteiger partial charge in [-0.2, -0.15) is 0 Å². The van der Waals surface area contributed by atoms with E-state index >= 15 is 0 Å². The number of fused-ring (bicyclic) bond motifs is 1. The number of hydrazine groups is 1. The van der Waals surface area contributed by atoms with Crippen LogP contribution in [0.2, 0.25) is 0 Å². The van der Waals surface area contributed by atoms with Crippen molar-refractivity contribution in [2.45, 2.75) is 58.0 Å². The van der Waals surface area contributed by atoms with Gasteiger partial charge < -0.3 is 24.9 Å². The van der Waals surface area contributed by atoms with Crippen molar-refractivity contribution in [3.8, 4) is 0 Å². The highest BCUT2D eigenvalue weighted by molar-refractivity contribution is 5.98. The number of hydrogen-bond donors (Lipinski definition) is 2. The lowest BCUT2D eigenvalue weighted by molar-refractivity contribution is -0.173. The zero-order valence-corrected chi connectivity index (χ0v) is 21.8. The van der Waals surface area contributed by atoms with Gasteiger partial charge in [0.2, 0.25) is 5.91 Å². The molecule has 1 aromatic carbocycles. The smallest absolute Gasteiger partial charge is 0.311 e. The number of ether oxygens (including phenoxy) is 2. The number of benzene rings is 1. The van der Waals surface area contributed by atoms with Crippen molar-refractivity contribution in [1.82, 2.24) is 20.7 Å². The Morgan fingerprint density at radius 3 is 2.45 bits per heavy atom. The molecule has 0 aliphatic carbocycles. The number of amides is 3. The van der Waals surface area contributed by atoms with E-state index in [-0.39, 0.29) is 37.0 Å². The van der Waals surface area contributed by atoms with Crippen LogP contribution >= 0.6 is 0 Å². The molecule has 12 nitrogen and oxygen atoms in total. The first-order valence-electron chi connectivity index (χ1n) is 12.4. The molecule has 2 aliphatic heterocycles. The number of esters is 2. The van der Waals surface area contributed by atoms with E-state index in [1.54, 1.807) is 44.3 Å². The fourth-order valence-electron chi connectivity index (χ4n) is 3.87. The maximum absolute atomic E-state index is 12.8. The Hall–Kier alpha value is -4.22. The third-order valence-electron chi connectivity index (χ3n) is 5.73. The second kappa shape index (κ2) is 15.1. The Labute approximate surface area is 221 Å². The lowest BCUT2D eigenvalue weighted by Crippen LogP contribution is -2.60. The highest BCUT2D eigenvalue weighted by Gasteiger charge is 2.41. The van der Waals surface area contributed by atoms with Gasteiger partial charge in [-0.1, -0.05) is 18.2 Å². The van der Waals surface area contributed by atoms with Gasteiger partial charge in [0.1, 0.15) is 24.6 Å². The second-order valence-electron chi connectivity index (χ2n) is 8.46. The predicted octanol–water partition coefficient (Wildman–Crippen LogP) is 1.08. The van der Waals surface area contributed by atoms with E-state index in [0.29, 0.717) is 43.5 Å². The van der Waals surface area contributed by atoms with E-state index in [9.17, 15) is 28.8 Å². The SMILES string of the molecule is CCOC(=O)CC(=COC(C)=O)NC.O=C[C@@H]1CCCN2C(=O)CCC(NC(=O)c3ccccc3)C(=O)N12. The lowest BCUT2D eigenvalue weighted by Gasteiger charge is -2.41. The fraction of sp³-hybridized carbons (Fsp3) is 0.462. The Morgan fingerprint density at radius 1 is 1.13 bits per heavy atom. The van der Waals surface area contributed by atoms with Crippen molar-refractivity contribution < 1.29 is 38.2 Å². The summed E-state index contributed by atoms with van der Waals surface area (Å²) in [6, 6.07) is 7.12. The van der Waals surface area contributed by atoms with E-state index in [1.165, 1.54) is 23.2 Å². The molecule has 2 atom stereocenters. The zero-order valence-electron chi connectivity index (χ0n) is 21.8. The summed E-state index contributed by atoms with van der Waals surface area (Å²) in [5.74, 6) is -1.75. The molecule has 3 rings (SSSR count). The van der Waals surface area contributed by atoms with Crippen LogP contribution in [0.1, 0.15) is 56.3 Å². The normalized spacial score (nSPS) is 19.2. The van der Waals surface area contributed by atoms with Gasteiger partial charge in [-0.25, -0.2) is 5.01 Å². The molecule has 12 heteroatoms. The number of hydrogen-bond acceptors (Lipinski definition) is 9. The van der Waals surface area contributed by atoms with Gasteiger partial charge in [-0.15, -0.1) is 0 Å². The first kappa shape index (κ1) is 30.0. The monoisotopic (exact) mass is 530 g/mol. The maximum atomic E-state index is 12.8. The zero-order chi connectivity index (χ0) is 28.1. The molecule has 2 heterocycles. The van der Waals surface area contributed by atoms with Crippen LogP contribution < -0.4 is 10.6 Å². The van der Waals surface area contributed by atoms with Crippen LogP contribution in [-0.4, -0.2) is 78.2 Å². The third kappa shape index (κ3) is 8.71. The van der Waals surface area contributed by atoms with Crippen LogP contribution in [0.5, 0.6) is 0 Å². The maximum Gasteiger partial charge on any atom is 0.311 e. The summed E-state index contributed by atoms with van der Waals surface area (Å²) >= 11 is 0. The van der Waals surface area contributed by atoms with Crippen molar-refractivity contribution in [3.05, 3.63) is 47.9 Å². The van der Waals surface area contributed by atoms with Crippen molar-refractivity contribution in [3.63, 3.8) is 0 Å². The largest absolute Gasteiger partial charge is 0.466 e. The quantitative estimate of drug-likeness (QED) is 0.286. The topological polar surface area (TPSA) is 151 Å². The highest BCUT2D eigenvalue weighted by atomic mass is 16.5. The molecular formula is C26H34N4O8. The molecule has 0 spiro atoms. The number of rotatable bonds is 8. The lowest BCUT2D eigenvalue weighted by atomic mass is 10.1. The molecule has 2 fully saturated rings. The van der Waals surface area contributed by atoms with E-state index in [2.05, 4.69) is 15.4 Å². The Balaban J connectivity index is 0.000000312. The van der Waals surface area contributed by atoms with Crippen LogP contribution in [-0.2, 0) is 33.4 Å². The van der Waals surface area contributed by atoms with E-state index in [4.69, 9.17) is 4.74 Å². The predicted molar refractivity (Wildman–Crippen MR) is 135 cm³/mol. The number of nitrogens with one attached hydrogen (secondary N) is 2. The van der Waals surface area contributed by atoms with Crippen molar-refractivity contribution in [1.29, 1.82) is 0 Å². The standard InChI is InChI=1S/C17H19N3O4.C9H15NO4/c21-11-13-7-4-10-19-15(22)9-8-14(17(24)20(13)19)18-16(23)12-5-2-1-3-6-12;1-4-13-9(12)5-8(10-3)6-14-7(2)11/h1-3,5-6,11,13-14H,4,7-10H2,(H,18,23);6,10H,4-5H2,1-3H3/t13-,14?;/m0./s1. The molecule has 206 valence electrons. The first-order chi connectivity index (χ1) is 18.2. The first-order valence-corrected chi connectivity index (χ1v) is 12.4. The molecule has 2 aliphatic rings. The van der Waals surface area contributed by atoms with Gasteiger partial charge in [-0.05, 0) is 38.3 Å². The minimum absolute atomic E-state index is 0.0671. The van der Waals surface area contributed by atoms with Crippen molar-refractivity contribution in [2.75, 3.05) is 20.2 Å². The van der Waals surface area contributed by atoms with Gasteiger partial charge >= 0.3 is 11.9 Å². The molecule has 0 aromatic heterocycles. The molecule has 38 heavy (non-hydrogen) atoms. The fourth-order valence-corrected chi connectivity index (χ4v) is 3.87. The van der Waals surface area contributed by atoms with Crippen LogP contribution in [0.3, 0.4) is 0 Å². The summed E-state index contributed by atoms with van der Waals surface area (Å²) in [6.45, 7) is 3.78. The Kier molecular flexibility index (Phi) is 11.9. The van der Waals surface area contributed by atoms with Crippen LogP contribution in [0.15, 0.2) is 42.3 Å². The molecule has 2 N–H and O–H groups in total. The summed E-state index contributed by atoms with van der Waals surface area (Å²) in [6.07, 6.45) is 3.57. The third-order valence-corrected chi connectivity index (χ3v) is 5.73. The average molecular weight is 531 g/mol. The summed E-state index contributed by atoms with van der Waals surface area (Å²) in [5, 5.41) is 8.03. The highest BCUT2D eigenvalue weighted by Crippen LogP contribution is 2.24. The molecule has 1 aromatic rings. The molecule has 0 bridgehead atoms. The van der Waals surface area contributed by atoms with Crippen molar-refractivity contribution >= 4 is 35.9 Å². The summed E-state index contributed by atoms with van der Waals surface area (Å²) in [4.78, 5) is 70.2. The van der Waals surface area contributed by atoms with Gasteiger partial charge in [0.15, 0.2) is 0 Å². The average Bonchev–Trinajstić information content (AvgIpc) is 3.04. The molecule has 0 saturated carbocycles. The summed E-state index contributed by atoms with van der Waals surface area (Å²) in [7, 11) is 1.63. The molecule has 3 amide bonds. The molecular weight excluding hydrogens is 496 g/mol. The van der Waals surface area contributed by atoms with Gasteiger partial charge in [-0.3, -0.25) is 29.0 Å². The Bertz CT molecular complexity index is 1040. The number of carbonyl (C=O) groups is 6. The number of carbonyl (C=O) groups excluding carboxylic acids is 6. The minimum Gasteiger partial charge on any atom is -0.466 e. The van der Waals surface area contributed by atoms with Crippen LogP contribution in [0.25, 0.3) is 0 Å². The van der Waals surface area contributed by atoms with Crippen LogP contribution in [0.4, 0.5) is 0 Å². The number of nitrogens with zero attached hydrogens (tertiary/aromatic N) is 2. The summed E-state index contributed by atoms with van der Waals surface area (Å²) < 4.78 is 9.32. The van der Waals surface area contributed by atoms with Crippen molar-refractivity contribution in [2.24, 2.45) is 0 Å².